The molecule has 0 aromatic heterocycles. The second-order valence-corrected chi connectivity index (χ2v) is 5.75. The van der Waals surface area contributed by atoms with Crippen molar-refractivity contribution in [1.82, 2.24) is 4.90 Å². The van der Waals surface area contributed by atoms with Gasteiger partial charge in [-0.3, -0.25) is 4.79 Å². The van der Waals surface area contributed by atoms with E-state index in [0.29, 0.717) is 12.1 Å². The van der Waals surface area contributed by atoms with E-state index in [0.717, 1.165) is 16.3 Å². The molecule has 1 atom stereocenters. The van der Waals surface area contributed by atoms with E-state index in [1.165, 1.54) is 0 Å². The van der Waals surface area contributed by atoms with Gasteiger partial charge in [0.2, 0.25) is 5.91 Å². The average Bonchev–Trinajstić information content (AvgIpc) is 2.46. The van der Waals surface area contributed by atoms with E-state index in [-0.39, 0.29) is 11.9 Å². The van der Waals surface area contributed by atoms with Gasteiger partial charge in [-0.25, -0.2) is 0 Å². The van der Waals surface area contributed by atoms with Crippen LogP contribution in [0.5, 0.6) is 0 Å². The lowest BCUT2D eigenvalue weighted by atomic mass is 10.1. The molecule has 0 aliphatic heterocycles. The van der Waals surface area contributed by atoms with Crippen molar-refractivity contribution in [2.24, 2.45) is 0 Å². The number of benzene rings is 1. The summed E-state index contributed by atoms with van der Waals surface area (Å²) in [5.41, 5.74) is 1.33. The van der Waals surface area contributed by atoms with Gasteiger partial charge in [0.15, 0.2) is 0 Å². The number of hydrogen-bond acceptors (Lipinski definition) is 4. The standard InChI is InChI=1S/C15H21N3OS/c1-5-18(4)15(19)11(3)17-13-8-7-9-14(20-6-2)12(13)10-16/h7-9,11,17H,5-6H2,1-4H3. The minimum absolute atomic E-state index is 0.0185. The minimum Gasteiger partial charge on any atom is -0.373 e. The second-order valence-electron chi connectivity index (χ2n) is 4.44. The van der Waals surface area contributed by atoms with Gasteiger partial charge in [0.1, 0.15) is 12.1 Å². The molecule has 0 aliphatic rings. The van der Waals surface area contributed by atoms with Gasteiger partial charge in [-0.1, -0.05) is 13.0 Å². The highest BCUT2D eigenvalue weighted by Crippen LogP contribution is 2.28. The number of likely N-dealkylation sites (N-methyl/N-ethyl adjacent to an activating group) is 1. The Morgan fingerprint density at radius 1 is 1.50 bits per heavy atom. The van der Waals surface area contributed by atoms with Crippen molar-refractivity contribution in [2.45, 2.75) is 31.7 Å². The number of carbonyl (C=O) groups excluding carboxylic acids is 1. The van der Waals surface area contributed by atoms with E-state index in [2.05, 4.69) is 11.4 Å². The van der Waals surface area contributed by atoms with Gasteiger partial charge < -0.3 is 10.2 Å². The summed E-state index contributed by atoms with van der Waals surface area (Å²) >= 11 is 1.63. The number of thioether (sulfide) groups is 1. The van der Waals surface area contributed by atoms with Crippen molar-refractivity contribution in [3.63, 3.8) is 0 Å². The summed E-state index contributed by atoms with van der Waals surface area (Å²) in [6.07, 6.45) is 0. The first-order valence-electron chi connectivity index (χ1n) is 6.72. The molecule has 0 saturated carbocycles. The third-order valence-corrected chi connectivity index (χ3v) is 3.97. The first-order chi connectivity index (χ1) is 9.54. The largest absolute Gasteiger partial charge is 0.373 e. The smallest absolute Gasteiger partial charge is 0.244 e. The van der Waals surface area contributed by atoms with Crippen molar-refractivity contribution in [3.8, 4) is 6.07 Å². The molecule has 108 valence electrons. The molecule has 0 heterocycles. The molecule has 0 bridgehead atoms. The summed E-state index contributed by atoms with van der Waals surface area (Å²) in [4.78, 5) is 14.7. The SMILES string of the molecule is CCSc1cccc(NC(C)C(=O)N(C)CC)c1C#N. The molecule has 1 amide bonds. The fraction of sp³-hybridized carbons (Fsp3) is 0.467. The first-order valence-corrected chi connectivity index (χ1v) is 7.71. The third-order valence-electron chi connectivity index (χ3n) is 3.03. The number of amides is 1. The van der Waals surface area contributed by atoms with Gasteiger partial charge in [-0.2, -0.15) is 5.26 Å². The average molecular weight is 291 g/mol. The van der Waals surface area contributed by atoms with Gasteiger partial charge in [-0.05, 0) is 31.7 Å². The van der Waals surface area contributed by atoms with Crippen LogP contribution in [0.4, 0.5) is 5.69 Å². The van der Waals surface area contributed by atoms with Crippen LogP contribution in [-0.4, -0.2) is 36.2 Å². The highest BCUT2D eigenvalue weighted by molar-refractivity contribution is 7.99. The summed E-state index contributed by atoms with van der Waals surface area (Å²) in [6, 6.07) is 7.55. The fourth-order valence-electron chi connectivity index (χ4n) is 1.82. The van der Waals surface area contributed by atoms with Crippen molar-refractivity contribution < 1.29 is 4.79 Å². The van der Waals surface area contributed by atoms with E-state index >= 15 is 0 Å². The van der Waals surface area contributed by atoms with Crippen LogP contribution >= 0.6 is 11.8 Å². The minimum atomic E-state index is -0.353. The van der Waals surface area contributed by atoms with Crippen LogP contribution in [-0.2, 0) is 4.79 Å². The summed E-state index contributed by atoms with van der Waals surface area (Å²) in [5, 5.41) is 12.5. The summed E-state index contributed by atoms with van der Waals surface area (Å²) < 4.78 is 0. The van der Waals surface area contributed by atoms with E-state index in [1.807, 2.05) is 39.0 Å². The van der Waals surface area contributed by atoms with Crippen LogP contribution in [0.15, 0.2) is 23.1 Å². The zero-order valence-corrected chi connectivity index (χ0v) is 13.3. The van der Waals surface area contributed by atoms with E-state index in [1.54, 1.807) is 23.7 Å². The Morgan fingerprint density at radius 3 is 2.75 bits per heavy atom. The lowest BCUT2D eigenvalue weighted by Crippen LogP contribution is -2.39. The van der Waals surface area contributed by atoms with Gasteiger partial charge in [0, 0.05) is 18.5 Å². The Hall–Kier alpha value is -1.67. The molecular weight excluding hydrogens is 270 g/mol. The number of anilines is 1. The quantitative estimate of drug-likeness (QED) is 0.819. The molecular formula is C15H21N3OS. The number of nitrogens with zero attached hydrogens (tertiary/aromatic N) is 2. The molecule has 1 aromatic rings. The van der Waals surface area contributed by atoms with Gasteiger partial charge in [0.25, 0.3) is 0 Å². The Labute approximate surface area is 125 Å². The zero-order chi connectivity index (χ0) is 15.1. The topological polar surface area (TPSA) is 56.1 Å². The predicted molar refractivity (Wildman–Crippen MR) is 84.0 cm³/mol. The number of carbonyl (C=O) groups is 1. The zero-order valence-electron chi connectivity index (χ0n) is 12.4. The van der Waals surface area contributed by atoms with Crippen LogP contribution in [0.1, 0.15) is 26.3 Å². The second kappa shape index (κ2) is 7.81. The van der Waals surface area contributed by atoms with E-state index in [4.69, 9.17) is 0 Å². The Bertz CT molecular complexity index is 510. The molecule has 1 aromatic carbocycles. The lowest BCUT2D eigenvalue weighted by molar-refractivity contribution is -0.130. The summed E-state index contributed by atoms with van der Waals surface area (Å²) in [7, 11) is 1.77. The number of hydrogen-bond donors (Lipinski definition) is 1. The molecule has 0 radical (unpaired) electrons. The highest BCUT2D eigenvalue weighted by atomic mass is 32.2. The normalized spacial score (nSPS) is 11.6. The van der Waals surface area contributed by atoms with E-state index < -0.39 is 0 Å². The maximum atomic E-state index is 12.1. The number of nitrogens with one attached hydrogen (secondary N) is 1. The number of nitriles is 1. The maximum absolute atomic E-state index is 12.1. The van der Waals surface area contributed by atoms with Gasteiger partial charge >= 0.3 is 0 Å². The summed E-state index contributed by atoms with van der Waals surface area (Å²) in [5.74, 6) is 0.926. The molecule has 1 N–H and O–H groups in total. The summed E-state index contributed by atoms with van der Waals surface area (Å²) in [6.45, 7) is 6.47. The fourth-order valence-corrected chi connectivity index (χ4v) is 2.61. The number of rotatable bonds is 6. The predicted octanol–water partition coefficient (Wildman–Crippen LogP) is 2.95. The molecule has 4 nitrogen and oxygen atoms in total. The Morgan fingerprint density at radius 2 is 2.20 bits per heavy atom. The Kier molecular flexibility index (Phi) is 6.40. The monoisotopic (exact) mass is 291 g/mol. The molecule has 1 rings (SSSR count). The van der Waals surface area contributed by atoms with Crippen molar-refractivity contribution in [1.29, 1.82) is 5.26 Å². The van der Waals surface area contributed by atoms with Gasteiger partial charge in [-0.15, -0.1) is 11.8 Å². The molecule has 0 spiro atoms. The maximum Gasteiger partial charge on any atom is 0.244 e. The molecule has 5 heteroatoms. The lowest BCUT2D eigenvalue weighted by Gasteiger charge is -2.22. The molecule has 0 aliphatic carbocycles. The van der Waals surface area contributed by atoms with Crippen molar-refractivity contribution in [2.75, 3.05) is 24.7 Å². The van der Waals surface area contributed by atoms with Crippen LogP contribution in [0.3, 0.4) is 0 Å². The van der Waals surface area contributed by atoms with Gasteiger partial charge in [0.05, 0.1) is 11.3 Å². The van der Waals surface area contributed by atoms with Crippen molar-refractivity contribution >= 4 is 23.4 Å². The van der Waals surface area contributed by atoms with Crippen molar-refractivity contribution in [3.05, 3.63) is 23.8 Å². The molecule has 20 heavy (non-hydrogen) atoms. The molecule has 0 fully saturated rings. The highest BCUT2D eigenvalue weighted by Gasteiger charge is 2.18. The first kappa shape index (κ1) is 16.4. The van der Waals surface area contributed by atoms with E-state index in [9.17, 15) is 10.1 Å². The van der Waals surface area contributed by atoms with Crippen LogP contribution in [0.25, 0.3) is 0 Å². The third kappa shape index (κ3) is 3.91. The van der Waals surface area contributed by atoms with Crippen LogP contribution < -0.4 is 5.32 Å². The molecule has 1 unspecified atom stereocenters. The van der Waals surface area contributed by atoms with Crippen LogP contribution in [0.2, 0.25) is 0 Å². The molecule has 0 saturated heterocycles. The Balaban J connectivity index is 2.95. The van der Waals surface area contributed by atoms with Crippen LogP contribution in [0, 0.1) is 11.3 Å².